The average Bonchev–Trinajstić information content (AvgIpc) is 3.13. The van der Waals surface area contributed by atoms with E-state index in [-0.39, 0.29) is 11.6 Å². The van der Waals surface area contributed by atoms with Gasteiger partial charge in [-0.05, 0) is 47.5 Å². The molecule has 0 aliphatic heterocycles. The molecule has 0 saturated heterocycles. The Morgan fingerprint density at radius 2 is 2.00 bits per heavy atom. The standard InChI is InChI=1S/C19H19BBrN3O3S/c1-12(2)27-18-15(20(25)26)8-13(9-16(18)21)10-22-24-19-23-17(11-28-19)14-6-4-3-5-7-14/h3-12,25-26H,1-2H3,(H,23,24). The van der Waals surface area contributed by atoms with Gasteiger partial charge >= 0.3 is 7.12 Å². The highest BCUT2D eigenvalue weighted by Gasteiger charge is 2.21. The summed E-state index contributed by atoms with van der Waals surface area (Å²) in [6, 6.07) is 13.3. The van der Waals surface area contributed by atoms with Crippen LogP contribution in [0.1, 0.15) is 19.4 Å². The van der Waals surface area contributed by atoms with Crippen molar-refractivity contribution >= 4 is 51.2 Å². The molecule has 0 fully saturated rings. The van der Waals surface area contributed by atoms with Crippen molar-refractivity contribution < 1.29 is 14.8 Å². The fraction of sp³-hybridized carbons (Fsp3) is 0.158. The van der Waals surface area contributed by atoms with Gasteiger partial charge < -0.3 is 14.8 Å². The molecular formula is C19H19BBrN3O3S. The van der Waals surface area contributed by atoms with Gasteiger partial charge in [-0.25, -0.2) is 4.98 Å². The second-order valence-corrected chi connectivity index (χ2v) is 7.95. The molecule has 1 aromatic heterocycles. The Morgan fingerprint density at radius 3 is 2.68 bits per heavy atom. The van der Waals surface area contributed by atoms with Crippen LogP contribution in [0, 0.1) is 0 Å². The maximum atomic E-state index is 9.67. The van der Waals surface area contributed by atoms with Crippen molar-refractivity contribution in [2.24, 2.45) is 5.10 Å². The number of nitrogens with one attached hydrogen (secondary N) is 1. The van der Waals surface area contributed by atoms with Crippen molar-refractivity contribution in [1.29, 1.82) is 0 Å². The Labute approximate surface area is 176 Å². The number of hydrazone groups is 1. The second-order valence-electron chi connectivity index (χ2n) is 6.24. The molecule has 6 nitrogen and oxygen atoms in total. The molecule has 9 heteroatoms. The Morgan fingerprint density at radius 1 is 1.25 bits per heavy atom. The lowest BCUT2D eigenvalue weighted by Crippen LogP contribution is -2.33. The number of anilines is 1. The molecule has 0 saturated carbocycles. The summed E-state index contributed by atoms with van der Waals surface area (Å²) < 4.78 is 6.29. The lowest BCUT2D eigenvalue weighted by molar-refractivity contribution is 0.242. The lowest BCUT2D eigenvalue weighted by atomic mass is 9.78. The second kappa shape index (κ2) is 9.33. The van der Waals surface area contributed by atoms with E-state index in [1.165, 1.54) is 11.3 Å². The minimum atomic E-state index is -1.65. The fourth-order valence-electron chi connectivity index (χ4n) is 2.49. The zero-order valence-corrected chi connectivity index (χ0v) is 17.7. The zero-order chi connectivity index (χ0) is 20.1. The van der Waals surface area contributed by atoms with Crippen LogP contribution in [0.5, 0.6) is 5.75 Å². The van der Waals surface area contributed by atoms with Crippen LogP contribution in [0.3, 0.4) is 0 Å². The van der Waals surface area contributed by atoms with E-state index in [9.17, 15) is 10.0 Å². The third kappa shape index (κ3) is 5.20. The molecule has 0 unspecified atom stereocenters. The Kier molecular flexibility index (Phi) is 6.85. The van der Waals surface area contributed by atoms with Crippen LogP contribution in [0.2, 0.25) is 0 Å². The molecule has 2 aromatic carbocycles. The maximum Gasteiger partial charge on any atom is 0.492 e. The molecule has 1 heterocycles. The van der Waals surface area contributed by atoms with Crippen LogP contribution in [-0.2, 0) is 0 Å². The number of benzene rings is 2. The topological polar surface area (TPSA) is 87.0 Å². The highest BCUT2D eigenvalue weighted by atomic mass is 79.9. The molecule has 3 aromatic rings. The normalized spacial score (nSPS) is 11.2. The van der Waals surface area contributed by atoms with Gasteiger partial charge in [0.05, 0.1) is 22.5 Å². The van der Waals surface area contributed by atoms with E-state index < -0.39 is 7.12 Å². The monoisotopic (exact) mass is 459 g/mol. The maximum absolute atomic E-state index is 9.67. The van der Waals surface area contributed by atoms with E-state index in [4.69, 9.17) is 4.74 Å². The summed E-state index contributed by atoms with van der Waals surface area (Å²) >= 11 is 4.88. The van der Waals surface area contributed by atoms with Gasteiger partial charge in [0.2, 0.25) is 5.13 Å². The molecular weight excluding hydrogens is 441 g/mol. The van der Waals surface area contributed by atoms with Crippen LogP contribution >= 0.6 is 27.3 Å². The Balaban J connectivity index is 1.75. The van der Waals surface area contributed by atoms with Crippen LogP contribution in [0.25, 0.3) is 11.3 Å². The number of hydrogen-bond acceptors (Lipinski definition) is 7. The zero-order valence-electron chi connectivity index (χ0n) is 15.3. The first-order valence-corrected chi connectivity index (χ1v) is 10.3. The average molecular weight is 460 g/mol. The number of halogens is 1. The van der Waals surface area contributed by atoms with Gasteiger partial charge in [0.15, 0.2) is 0 Å². The molecule has 0 amide bonds. The van der Waals surface area contributed by atoms with Gasteiger partial charge in [-0.15, -0.1) is 11.3 Å². The Hall–Kier alpha value is -2.20. The van der Waals surface area contributed by atoms with Gasteiger partial charge in [-0.3, -0.25) is 5.43 Å². The smallest absolute Gasteiger partial charge is 0.490 e. The number of ether oxygens (including phenoxy) is 1. The SMILES string of the molecule is CC(C)Oc1c(Br)cc(C=NNc2nc(-c3ccccc3)cs2)cc1B(O)O. The van der Waals surface area contributed by atoms with E-state index >= 15 is 0 Å². The Bertz CT molecular complexity index is 964. The van der Waals surface area contributed by atoms with E-state index in [1.54, 1.807) is 18.3 Å². The number of nitrogens with zero attached hydrogens (tertiary/aromatic N) is 2. The molecule has 3 N–H and O–H groups in total. The largest absolute Gasteiger partial charge is 0.492 e. The van der Waals surface area contributed by atoms with Gasteiger partial charge in [0.1, 0.15) is 5.75 Å². The molecule has 28 heavy (non-hydrogen) atoms. The molecule has 0 radical (unpaired) electrons. The van der Waals surface area contributed by atoms with Crippen molar-refractivity contribution in [3.8, 4) is 17.0 Å². The highest BCUT2D eigenvalue weighted by molar-refractivity contribution is 9.10. The third-order valence-electron chi connectivity index (χ3n) is 3.67. The number of thiazole rings is 1. The number of rotatable bonds is 7. The summed E-state index contributed by atoms with van der Waals surface area (Å²) in [5.41, 5.74) is 5.78. The predicted octanol–water partition coefficient (Wildman–Crippen LogP) is 3.49. The molecule has 0 bridgehead atoms. The minimum absolute atomic E-state index is 0.0984. The van der Waals surface area contributed by atoms with E-state index in [2.05, 4.69) is 31.4 Å². The third-order valence-corrected chi connectivity index (χ3v) is 5.01. The van der Waals surface area contributed by atoms with E-state index in [0.717, 1.165) is 11.3 Å². The summed E-state index contributed by atoms with van der Waals surface area (Å²) in [6.07, 6.45) is 1.48. The molecule has 0 spiro atoms. The predicted molar refractivity (Wildman–Crippen MR) is 118 cm³/mol. The molecule has 144 valence electrons. The lowest BCUT2D eigenvalue weighted by Gasteiger charge is -2.16. The highest BCUT2D eigenvalue weighted by Crippen LogP contribution is 2.26. The van der Waals surface area contributed by atoms with Crippen LogP contribution in [-0.4, -0.2) is 34.5 Å². The van der Waals surface area contributed by atoms with Crippen molar-refractivity contribution in [3.63, 3.8) is 0 Å². The number of hydrogen-bond donors (Lipinski definition) is 3. The van der Waals surface area contributed by atoms with Crippen LogP contribution in [0.15, 0.2) is 57.4 Å². The van der Waals surface area contributed by atoms with Gasteiger partial charge in [-0.1, -0.05) is 30.3 Å². The summed E-state index contributed by atoms with van der Waals surface area (Å²) in [6.45, 7) is 3.74. The summed E-state index contributed by atoms with van der Waals surface area (Å²) in [5.74, 6) is 0.405. The first-order valence-electron chi connectivity index (χ1n) is 8.60. The van der Waals surface area contributed by atoms with Gasteiger partial charge in [-0.2, -0.15) is 5.10 Å². The number of aromatic nitrogens is 1. The first-order chi connectivity index (χ1) is 13.4. The van der Waals surface area contributed by atoms with Gasteiger partial charge in [0.25, 0.3) is 0 Å². The molecule has 3 rings (SSSR count). The van der Waals surface area contributed by atoms with Crippen molar-refractivity contribution in [2.75, 3.05) is 5.43 Å². The minimum Gasteiger partial charge on any atom is -0.490 e. The van der Waals surface area contributed by atoms with Crippen LogP contribution in [0.4, 0.5) is 5.13 Å². The molecule has 0 aliphatic rings. The fourth-order valence-corrected chi connectivity index (χ4v) is 3.75. The van der Waals surface area contributed by atoms with Gasteiger partial charge in [0, 0.05) is 16.4 Å². The summed E-state index contributed by atoms with van der Waals surface area (Å²) in [4.78, 5) is 4.51. The first kappa shape index (κ1) is 20.5. The van der Waals surface area contributed by atoms with E-state index in [1.807, 2.05) is 49.6 Å². The summed E-state index contributed by atoms with van der Waals surface area (Å²) in [7, 11) is -1.65. The van der Waals surface area contributed by atoms with Crippen molar-refractivity contribution in [3.05, 3.63) is 57.9 Å². The summed E-state index contributed by atoms with van der Waals surface area (Å²) in [5, 5.41) is 26.2. The molecule has 0 aliphatic carbocycles. The van der Waals surface area contributed by atoms with Crippen molar-refractivity contribution in [1.82, 2.24) is 4.98 Å². The quantitative estimate of drug-likeness (QED) is 0.286. The van der Waals surface area contributed by atoms with Crippen LogP contribution < -0.4 is 15.6 Å². The van der Waals surface area contributed by atoms with Crippen molar-refractivity contribution in [2.45, 2.75) is 20.0 Å². The molecule has 0 atom stereocenters. The van der Waals surface area contributed by atoms with E-state index in [0.29, 0.717) is 20.9 Å².